The summed E-state index contributed by atoms with van der Waals surface area (Å²) in [6.07, 6.45) is -4.49. The molecule has 0 radical (unpaired) electrons. The lowest BCUT2D eigenvalue weighted by molar-refractivity contribution is -0.137. The van der Waals surface area contributed by atoms with Crippen LogP contribution in [0.1, 0.15) is 25.0 Å². The van der Waals surface area contributed by atoms with E-state index in [9.17, 15) is 21.6 Å². The molecule has 0 heterocycles. The van der Waals surface area contributed by atoms with Crippen LogP contribution in [-0.4, -0.2) is 20.5 Å². The minimum atomic E-state index is -4.49. The molecular formula is C12H18ClF3N2O2S. The average molecular weight is 347 g/mol. The molecule has 122 valence electrons. The minimum absolute atomic E-state index is 0. The van der Waals surface area contributed by atoms with Crippen molar-refractivity contribution in [3.8, 4) is 0 Å². The highest BCUT2D eigenvalue weighted by atomic mass is 35.5. The van der Waals surface area contributed by atoms with Crippen LogP contribution < -0.4 is 10.5 Å². The Balaban J connectivity index is 0.00000400. The van der Waals surface area contributed by atoms with Crippen molar-refractivity contribution in [3.63, 3.8) is 0 Å². The predicted molar refractivity (Wildman–Crippen MR) is 77.6 cm³/mol. The molecule has 0 aromatic heterocycles. The Bertz CT molecular complexity index is 569. The number of alkyl halides is 3. The third-order valence-electron chi connectivity index (χ3n) is 2.36. The van der Waals surface area contributed by atoms with Crippen molar-refractivity contribution >= 4 is 22.4 Å². The number of rotatable bonds is 5. The second-order valence-corrected chi connectivity index (χ2v) is 7.07. The molecule has 3 N–H and O–H groups in total. The zero-order chi connectivity index (χ0) is 15.6. The van der Waals surface area contributed by atoms with Gasteiger partial charge < -0.3 is 5.73 Å². The summed E-state index contributed by atoms with van der Waals surface area (Å²) in [6.45, 7) is 3.29. The van der Waals surface area contributed by atoms with Crippen LogP contribution in [0.25, 0.3) is 0 Å². The van der Waals surface area contributed by atoms with E-state index in [1.54, 1.807) is 13.8 Å². The van der Waals surface area contributed by atoms with Crippen molar-refractivity contribution < 1.29 is 21.6 Å². The van der Waals surface area contributed by atoms with Crippen LogP contribution in [-0.2, 0) is 22.0 Å². The molecule has 0 fully saturated rings. The zero-order valence-corrected chi connectivity index (χ0v) is 13.2. The minimum Gasteiger partial charge on any atom is -0.324 e. The van der Waals surface area contributed by atoms with Crippen LogP contribution in [0.5, 0.6) is 0 Å². The normalized spacial score (nSPS) is 12.9. The molecule has 0 aliphatic heterocycles. The van der Waals surface area contributed by atoms with Gasteiger partial charge >= 0.3 is 6.18 Å². The van der Waals surface area contributed by atoms with Gasteiger partial charge in [0.05, 0.1) is 11.3 Å². The van der Waals surface area contributed by atoms with Crippen LogP contribution in [0.15, 0.2) is 24.3 Å². The van der Waals surface area contributed by atoms with Crippen molar-refractivity contribution in [2.24, 2.45) is 5.73 Å². The van der Waals surface area contributed by atoms with E-state index in [2.05, 4.69) is 4.72 Å². The molecule has 0 saturated heterocycles. The van der Waals surface area contributed by atoms with Crippen molar-refractivity contribution in [2.75, 3.05) is 6.54 Å². The number of hydrogen-bond acceptors (Lipinski definition) is 3. The van der Waals surface area contributed by atoms with E-state index >= 15 is 0 Å². The first-order valence-electron chi connectivity index (χ1n) is 5.81. The number of hydrogen-bond donors (Lipinski definition) is 2. The summed E-state index contributed by atoms with van der Waals surface area (Å²) in [5.41, 5.74) is 4.11. The lowest BCUT2D eigenvalue weighted by atomic mass is 10.1. The highest BCUT2D eigenvalue weighted by Gasteiger charge is 2.30. The van der Waals surface area contributed by atoms with Gasteiger partial charge in [-0.3, -0.25) is 0 Å². The van der Waals surface area contributed by atoms with Gasteiger partial charge in [-0.05, 0) is 25.5 Å². The lowest BCUT2D eigenvalue weighted by Crippen LogP contribution is -2.45. The van der Waals surface area contributed by atoms with Gasteiger partial charge in [-0.15, -0.1) is 12.4 Å². The summed E-state index contributed by atoms with van der Waals surface area (Å²) in [5.74, 6) is -0.521. The Kier molecular flexibility index (Phi) is 6.68. The molecular weight excluding hydrogens is 329 g/mol. The Labute approximate surface area is 128 Å². The summed E-state index contributed by atoms with van der Waals surface area (Å²) in [6, 6.07) is 4.24. The molecule has 1 aromatic rings. The van der Waals surface area contributed by atoms with Gasteiger partial charge in [0.2, 0.25) is 10.0 Å². The predicted octanol–water partition coefficient (Wildman–Crippen LogP) is 2.28. The standard InChI is InChI=1S/C12H17F3N2O2S.ClH/c1-11(2,16)8-17-20(18,19)7-9-4-3-5-10(6-9)12(13,14)15;/h3-6,17H,7-8,16H2,1-2H3;1H. The summed E-state index contributed by atoms with van der Waals surface area (Å²) >= 11 is 0. The molecule has 1 aromatic carbocycles. The second kappa shape index (κ2) is 6.95. The lowest BCUT2D eigenvalue weighted by Gasteiger charge is -2.19. The third kappa shape index (κ3) is 7.66. The molecule has 0 aliphatic carbocycles. The number of benzene rings is 1. The van der Waals surface area contributed by atoms with E-state index in [-0.39, 0.29) is 24.5 Å². The summed E-state index contributed by atoms with van der Waals surface area (Å²) < 4.78 is 63.4. The third-order valence-corrected chi connectivity index (χ3v) is 3.66. The zero-order valence-electron chi connectivity index (χ0n) is 11.6. The first-order valence-corrected chi connectivity index (χ1v) is 7.47. The van der Waals surface area contributed by atoms with Crippen molar-refractivity contribution in [1.29, 1.82) is 0 Å². The topological polar surface area (TPSA) is 72.2 Å². The Morgan fingerprint density at radius 2 is 1.81 bits per heavy atom. The van der Waals surface area contributed by atoms with Crippen molar-refractivity contribution in [1.82, 2.24) is 4.72 Å². The summed E-state index contributed by atoms with van der Waals surface area (Å²) in [4.78, 5) is 0. The fraction of sp³-hybridized carbons (Fsp3) is 0.500. The largest absolute Gasteiger partial charge is 0.416 e. The molecule has 0 amide bonds. The van der Waals surface area contributed by atoms with Gasteiger partial charge in [-0.1, -0.05) is 18.2 Å². The van der Waals surface area contributed by atoms with Crippen LogP contribution in [0.4, 0.5) is 13.2 Å². The first-order chi connectivity index (χ1) is 8.89. The van der Waals surface area contributed by atoms with E-state index in [4.69, 9.17) is 5.73 Å². The van der Waals surface area contributed by atoms with Crippen LogP contribution in [0, 0.1) is 0 Å². The highest BCUT2D eigenvalue weighted by Crippen LogP contribution is 2.29. The molecule has 9 heteroatoms. The van der Waals surface area contributed by atoms with Crippen LogP contribution in [0.3, 0.4) is 0 Å². The fourth-order valence-electron chi connectivity index (χ4n) is 1.40. The number of nitrogens with one attached hydrogen (secondary N) is 1. The van der Waals surface area contributed by atoms with Gasteiger partial charge in [0.1, 0.15) is 0 Å². The van der Waals surface area contributed by atoms with E-state index in [1.165, 1.54) is 12.1 Å². The van der Waals surface area contributed by atoms with E-state index in [0.29, 0.717) is 0 Å². The van der Waals surface area contributed by atoms with Crippen LogP contribution >= 0.6 is 12.4 Å². The molecule has 0 unspecified atom stereocenters. The Morgan fingerprint density at radius 1 is 1.24 bits per heavy atom. The molecule has 21 heavy (non-hydrogen) atoms. The summed E-state index contributed by atoms with van der Waals surface area (Å²) in [5, 5.41) is 0. The molecule has 4 nitrogen and oxygen atoms in total. The van der Waals surface area contributed by atoms with Gasteiger partial charge in [0.25, 0.3) is 0 Å². The Hall–Kier alpha value is -0.830. The average Bonchev–Trinajstić information content (AvgIpc) is 2.24. The van der Waals surface area contributed by atoms with Gasteiger partial charge in [-0.25, -0.2) is 13.1 Å². The van der Waals surface area contributed by atoms with Crippen molar-refractivity contribution in [3.05, 3.63) is 35.4 Å². The maximum atomic E-state index is 12.5. The van der Waals surface area contributed by atoms with Gasteiger partial charge in [0, 0.05) is 12.1 Å². The quantitative estimate of drug-likeness (QED) is 0.859. The van der Waals surface area contributed by atoms with Crippen LogP contribution in [0.2, 0.25) is 0 Å². The Morgan fingerprint density at radius 3 is 2.29 bits per heavy atom. The van der Waals surface area contributed by atoms with Gasteiger partial charge in [-0.2, -0.15) is 13.2 Å². The smallest absolute Gasteiger partial charge is 0.324 e. The number of halogens is 4. The molecule has 1 rings (SSSR count). The van der Waals surface area contributed by atoms with E-state index < -0.39 is 33.1 Å². The maximum Gasteiger partial charge on any atom is 0.416 e. The first kappa shape index (κ1) is 20.2. The van der Waals surface area contributed by atoms with Crippen molar-refractivity contribution in [2.45, 2.75) is 31.3 Å². The summed E-state index contributed by atoms with van der Waals surface area (Å²) in [7, 11) is -3.73. The molecule has 0 spiro atoms. The number of nitrogens with two attached hydrogens (primary N) is 1. The molecule has 0 atom stereocenters. The SMILES string of the molecule is CC(C)(N)CNS(=O)(=O)Cc1cccc(C(F)(F)F)c1.Cl. The second-order valence-electron chi connectivity index (χ2n) is 5.27. The maximum absolute atomic E-state index is 12.5. The highest BCUT2D eigenvalue weighted by molar-refractivity contribution is 7.88. The molecule has 0 bridgehead atoms. The van der Waals surface area contributed by atoms with E-state index in [1.807, 2.05) is 0 Å². The number of sulfonamides is 1. The van der Waals surface area contributed by atoms with Gasteiger partial charge in [0.15, 0.2) is 0 Å². The van der Waals surface area contributed by atoms with E-state index in [0.717, 1.165) is 12.1 Å². The fourth-order valence-corrected chi connectivity index (χ4v) is 2.72. The molecule has 0 saturated carbocycles. The monoisotopic (exact) mass is 346 g/mol. The molecule has 0 aliphatic rings.